The smallest absolute Gasteiger partial charge is 0.294 e. The van der Waals surface area contributed by atoms with Crippen LogP contribution in [0.25, 0.3) is 45.1 Å². The summed E-state index contributed by atoms with van der Waals surface area (Å²) in [4.78, 5) is 18.8. The predicted molar refractivity (Wildman–Crippen MR) is 114 cm³/mol. The lowest BCUT2D eigenvalue weighted by molar-refractivity contribution is 0.481. The Hall–Kier alpha value is -3.65. The van der Waals surface area contributed by atoms with Crippen LogP contribution in [-0.2, 0) is 20.2 Å². The molecule has 5 aromatic rings. The first-order valence-corrected chi connectivity index (χ1v) is 11.9. The van der Waals surface area contributed by atoms with E-state index in [9.17, 15) is 25.9 Å². The molecule has 0 unspecified atom stereocenters. The van der Waals surface area contributed by atoms with Crippen LogP contribution in [0.3, 0.4) is 0 Å². The quantitative estimate of drug-likeness (QED) is 0.287. The number of rotatable bonds is 4. The number of benzene rings is 2. The Morgan fingerprint density at radius 3 is 1.47 bits per heavy atom. The highest BCUT2D eigenvalue weighted by Gasteiger charge is 2.15. The summed E-state index contributed by atoms with van der Waals surface area (Å²) in [5.74, 6) is 0.748. The number of imidazole rings is 2. The first-order valence-electron chi connectivity index (χ1n) is 9.00. The summed E-state index contributed by atoms with van der Waals surface area (Å²) < 4.78 is 63.9. The van der Waals surface area contributed by atoms with Crippen LogP contribution < -0.4 is 0 Å². The Balaban J connectivity index is 1.56. The van der Waals surface area contributed by atoms with Crippen molar-refractivity contribution in [3.05, 3.63) is 54.6 Å². The summed E-state index contributed by atoms with van der Waals surface area (Å²) >= 11 is 0. The Labute approximate surface area is 180 Å². The fraction of sp³-hybridized carbons (Fsp3) is 0. The van der Waals surface area contributed by atoms with E-state index in [-0.39, 0.29) is 9.79 Å². The second kappa shape index (κ2) is 6.93. The molecular weight excluding hydrogens is 458 g/mol. The normalized spacial score (nSPS) is 12.6. The minimum atomic E-state index is -4.35. The molecule has 0 aliphatic rings. The van der Waals surface area contributed by atoms with Crippen LogP contribution in [0.15, 0.2) is 64.4 Å². The zero-order chi connectivity index (χ0) is 22.7. The number of aromatic amines is 2. The first kappa shape index (κ1) is 20.3. The molecule has 0 amide bonds. The summed E-state index contributed by atoms with van der Waals surface area (Å²) in [7, 11) is -8.69. The molecule has 0 aliphatic carbocycles. The second-order valence-corrected chi connectivity index (χ2v) is 9.73. The Kier molecular flexibility index (Phi) is 4.39. The molecule has 4 N–H and O–H groups in total. The van der Waals surface area contributed by atoms with Gasteiger partial charge in [-0.25, -0.2) is 15.0 Å². The van der Waals surface area contributed by atoms with E-state index in [4.69, 9.17) is 0 Å². The summed E-state index contributed by atoms with van der Waals surface area (Å²) in [6, 6.07) is 13.1. The monoisotopic (exact) mass is 471 g/mol. The molecule has 0 atom stereocenters. The van der Waals surface area contributed by atoms with E-state index in [0.29, 0.717) is 45.1 Å². The van der Waals surface area contributed by atoms with Gasteiger partial charge in [-0.15, -0.1) is 0 Å². The minimum absolute atomic E-state index is 0.256. The Morgan fingerprint density at radius 2 is 1.06 bits per heavy atom. The highest BCUT2D eigenvalue weighted by Crippen LogP contribution is 2.25. The third-order valence-corrected chi connectivity index (χ3v) is 6.44. The number of pyridine rings is 1. The molecule has 0 bridgehead atoms. The molecule has 3 aromatic heterocycles. The molecule has 0 saturated carbocycles. The van der Waals surface area contributed by atoms with Gasteiger partial charge in [0.05, 0.1) is 31.9 Å². The third kappa shape index (κ3) is 3.62. The molecule has 2 aromatic carbocycles. The summed E-state index contributed by atoms with van der Waals surface area (Å²) in [5, 5.41) is 0. The fourth-order valence-electron chi connectivity index (χ4n) is 3.24. The van der Waals surface area contributed by atoms with E-state index in [1.165, 1.54) is 36.4 Å². The summed E-state index contributed by atoms with van der Waals surface area (Å²) in [5.41, 5.74) is 2.69. The molecule has 13 heteroatoms. The van der Waals surface area contributed by atoms with E-state index in [1.807, 2.05) is 0 Å². The standard InChI is InChI=1S/C19H13N5O6S2/c25-31(26,27)10-4-6-12-16(8-10)23-18(21-12)14-2-1-3-15(20-14)19-22-13-7-5-11(32(28,29)30)9-17(13)24-19/h1-9H,(H,21,23)(H,22,24)(H,25,26,27)(H,28,29,30). The molecule has 32 heavy (non-hydrogen) atoms. The number of nitrogens with one attached hydrogen (secondary N) is 2. The average molecular weight is 471 g/mol. The molecule has 0 radical (unpaired) electrons. The van der Waals surface area contributed by atoms with Crippen LogP contribution in [0.5, 0.6) is 0 Å². The van der Waals surface area contributed by atoms with Crippen molar-refractivity contribution in [1.29, 1.82) is 0 Å². The van der Waals surface area contributed by atoms with E-state index in [1.54, 1.807) is 18.2 Å². The molecular formula is C19H13N5O6S2. The van der Waals surface area contributed by atoms with Gasteiger partial charge in [-0.2, -0.15) is 16.8 Å². The third-order valence-electron chi connectivity index (χ3n) is 4.74. The predicted octanol–water partition coefficient (Wildman–Crippen LogP) is 2.66. The lowest BCUT2D eigenvalue weighted by Gasteiger charge is -1.99. The van der Waals surface area contributed by atoms with E-state index < -0.39 is 20.2 Å². The van der Waals surface area contributed by atoms with E-state index in [2.05, 4.69) is 24.9 Å². The van der Waals surface area contributed by atoms with Crippen LogP contribution >= 0.6 is 0 Å². The zero-order valence-corrected chi connectivity index (χ0v) is 17.5. The van der Waals surface area contributed by atoms with Gasteiger partial charge in [-0.1, -0.05) is 6.07 Å². The second-order valence-electron chi connectivity index (χ2n) is 6.89. The number of aromatic nitrogens is 5. The number of H-pyrrole nitrogens is 2. The van der Waals surface area contributed by atoms with Crippen molar-refractivity contribution in [2.75, 3.05) is 0 Å². The van der Waals surface area contributed by atoms with Gasteiger partial charge in [0.2, 0.25) is 0 Å². The van der Waals surface area contributed by atoms with Crippen molar-refractivity contribution in [1.82, 2.24) is 24.9 Å². The molecule has 0 aliphatic heterocycles. The number of nitrogens with zero attached hydrogens (tertiary/aromatic N) is 3. The van der Waals surface area contributed by atoms with E-state index >= 15 is 0 Å². The van der Waals surface area contributed by atoms with Crippen molar-refractivity contribution in [3.8, 4) is 23.0 Å². The largest absolute Gasteiger partial charge is 0.337 e. The van der Waals surface area contributed by atoms with Crippen LogP contribution in [0.1, 0.15) is 0 Å². The lowest BCUT2D eigenvalue weighted by Crippen LogP contribution is -1.97. The Bertz CT molecular complexity index is 1610. The van der Waals surface area contributed by atoms with Crippen LogP contribution in [-0.4, -0.2) is 50.9 Å². The summed E-state index contributed by atoms with van der Waals surface area (Å²) in [6.07, 6.45) is 0. The highest BCUT2D eigenvalue weighted by atomic mass is 32.2. The van der Waals surface area contributed by atoms with Gasteiger partial charge in [0.1, 0.15) is 11.4 Å². The molecule has 0 spiro atoms. The summed E-state index contributed by atoms with van der Waals surface area (Å²) in [6.45, 7) is 0. The maximum absolute atomic E-state index is 11.4. The molecule has 11 nitrogen and oxygen atoms in total. The maximum atomic E-state index is 11.4. The van der Waals surface area contributed by atoms with Crippen molar-refractivity contribution in [2.45, 2.75) is 9.79 Å². The Morgan fingerprint density at radius 1 is 0.625 bits per heavy atom. The average Bonchev–Trinajstić information content (AvgIpc) is 3.35. The van der Waals surface area contributed by atoms with Crippen LogP contribution in [0, 0.1) is 0 Å². The van der Waals surface area contributed by atoms with Gasteiger partial charge in [0, 0.05) is 0 Å². The van der Waals surface area contributed by atoms with Crippen LogP contribution in [0.2, 0.25) is 0 Å². The maximum Gasteiger partial charge on any atom is 0.294 e. The van der Waals surface area contributed by atoms with Crippen molar-refractivity contribution >= 4 is 42.3 Å². The minimum Gasteiger partial charge on any atom is -0.337 e. The SMILES string of the molecule is O=S(=O)(O)c1ccc2nc(-c3cccc(-c4nc5ccc(S(=O)(=O)O)cc5[nH]4)n3)[nH]c2c1. The molecule has 5 rings (SSSR count). The van der Waals surface area contributed by atoms with Crippen molar-refractivity contribution in [3.63, 3.8) is 0 Å². The molecule has 0 saturated heterocycles. The zero-order valence-electron chi connectivity index (χ0n) is 15.9. The number of fused-ring (bicyclic) bond motifs is 2. The van der Waals surface area contributed by atoms with Gasteiger partial charge >= 0.3 is 0 Å². The van der Waals surface area contributed by atoms with Gasteiger partial charge in [0.15, 0.2) is 11.6 Å². The fourth-order valence-corrected chi connectivity index (χ4v) is 4.25. The molecule has 162 valence electrons. The number of hydrogen-bond donors (Lipinski definition) is 4. The lowest BCUT2D eigenvalue weighted by atomic mass is 10.3. The first-order chi connectivity index (χ1) is 15.1. The van der Waals surface area contributed by atoms with Crippen LogP contribution in [0.4, 0.5) is 0 Å². The topological polar surface area (TPSA) is 179 Å². The van der Waals surface area contributed by atoms with Gasteiger partial charge in [-0.05, 0) is 48.5 Å². The van der Waals surface area contributed by atoms with E-state index in [0.717, 1.165) is 0 Å². The number of hydrogen-bond acceptors (Lipinski definition) is 7. The van der Waals surface area contributed by atoms with Crippen molar-refractivity contribution in [2.24, 2.45) is 0 Å². The van der Waals surface area contributed by atoms with Gasteiger partial charge in [0.25, 0.3) is 20.2 Å². The van der Waals surface area contributed by atoms with Gasteiger partial charge in [-0.3, -0.25) is 9.11 Å². The van der Waals surface area contributed by atoms with Crippen molar-refractivity contribution < 1.29 is 25.9 Å². The highest BCUT2D eigenvalue weighted by molar-refractivity contribution is 7.86. The van der Waals surface area contributed by atoms with Gasteiger partial charge < -0.3 is 9.97 Å². The molecule has 0 fully saturated rings. The molecule has 3 heterocycles.